The molecule has 0 saturated carbocycles. The standard InChI is InChI=1S/C15H24FN3O2/c1-15(2,3)21-14(20)19(4)9-5-8-18-13-7-6-11(16)10-12(13)17/h6-7,10,18H,5,8-9,17H2,1-4H3. The molecule has 0 aliphatic heterocycles. The summed E-state index contributed by atoms with van der Waals surface area (Å²) in [6, 6.07) is 4.23. The second-order valence-corrected chi connectivity index (χ2v) is 5.91. The van der Waals surface area contributed by atoms with Crippen LogP contribution < -0.4 is 11.1 Å². The molecule has 0 aliphatic rings. The number of amides is 1. The number of rotatable bonds is 5. The molecule has 0 unspecified atom stereocenters. The van der Waals surface area contributed by atoms with Gasteiger partial charge in [-0.05, 0) is 45.4 Å². The number of nitrogens with one attached hydrogen (secondary N) is 1. The van der Waals surface area contributed by atoms with Crippen molar-refractivity contribution in [1.82, 2.24) is 4.90 Å². The number of nitrogen functional groups attached to an aromatic ring is 1. The van der Waals surface area contributed by atoms with E-state index in [0.29, 0.717) is 24.5 Å². The van der Waals surface area contributed by atoms with Crippen molar-refractivity contribution in [3.05, 3.63) is 24.0 Å². The number of nitrogens with two attached hydrogens (primary N) is 1. The minimum absolute atomic E-state index is 0.344. The summed E-state index contributed by atoms with van der Waals surface area (Å²) in [5.74, 6) is -0.359. The Kier molecular flexibility index (Phi) is 5.81. The van der Waals surface area contributed by atoms with Crippen LogP contribution in [-0.2, 0) is 4.74 Å². The van der Waals surface area contributed by atoms with Crippen LogP contribution in [0.25, 0.3) is 0 Å². The van der Waals surface area contributed by atoms with Crippen molar-refractivity contribution in [2.75, 3.05) is 31.2 Å². The average Bonchev–Trinajstić information content (AvgIpc) is 2.34. The van der Waals surface area contributed by atoms with Gasteiger partial charge in [0, 0.05) is 20.1 Å². The average molecular weight is 297 g/mol. The molecule has 0 fully saturated rings. The number of nitrogens with zero attached hydrogens (tertiary/aromatic N) is 1. The van der Waals surface area contributed by atoms with Crippen molar-refractivity contribution in [2.24, 2.45) is 0 Å². The van der Waals surface area contributed by atoms with Crippen LogP contribution in [-0.4, -0.2) is 36.7 Å². The Morgan fingerprint density at radius 1 is 1.43 bits per heavy atom. The van der Waals surface area contributed by atoms with E-state index in [0.717, 1.165) is 6.42 Å². The first-order valence-corrected chi connectivity index (χ1v) is 6.92. The molecule has 0 bridgehead atoms. The molecule has 0 spiro atoms. The molecule has 0 aliphatic carbocycles. The van der Waals surface area contributed by atoms with E-state index in [-0.39, 0.29) is 11.9 Å². The van der Waals surface area contributed by atoms with Gasteiger partial charge in [-0.2, -0.15) is 0 Å². The van der Waals surface area contributed by atoms with Crippen molar-refractivity contribution in [2.45, 2.75) is 32.8 Å². The van der Waals surface area contributed by atoms with E-state index < -0.39 is 5.60 Å². The number of hydrogen-bond donors (Lipinski definition) is 2. The zero-order valence-electron chi connectivity index (χ0n) is 13.1. The fourth-order valence-electron chi connectivity index (χ4n) is 1.66. The summed E-state index contributed by atoms with van der Waals surface area (Å²) in [6.07, 6.45) is 0.385. The fraction of sp³-hybridized carbons (Fsp3) is 0.533. The smallest absolute Gasteiger partial charge is 0.410 e. The van der Waals surface area contributed by atoms with Crippen molar-refractivity contribution < 1.29 is 13.9 Å². The van der Waals surface area contributed by atoms with Gasteiger partial charge in [-0.15, -0.1) is 0 Å². The Morgan fingerprint density at radius 2 is 2.10 bits per heavy atom. The van der Waals surface area contributed by atoms with Crippen molar-refractivity contribution in [1.29, 1.82) is 0 Å². The number of anilines is 2. The predicted molar refractivity (Wildman–Crippen MR) is 82.8 cm³/mol. The minimum atomic E-state index is -0.494. The fourth-order valence-corrected chi connectivity index (χ4v) is 1.66. The van der Waals surface area contributed by atoms with Gasteiger partial charge >= 0.3 is 6.09 Å². The summed E-state index contributed by atoms with van der Waals surface area (Å²) in [7, 11) is 1.69. The Labute approximate surface area is 125 Å². The van der Waals surface area contributed by atoms with E-state index in [4.69, 9.17) is 10.5 Å². The first kappa shape index (κ1) is 17.1. The number of halogens is 1. The molecule has 1 aromatic rings. The topological polar surface area (TPSA) is 67.6 Å². The van der Waals surface area contributed by atoms with Crippen LogP contribution in [0.15, 0.2) is 18.2 Å². The molecule has 0 saturated heterocycles. The van der Waals surface area contributed by atoms with Gasteiger partial charge in [-0.1, -0.05) is 0 Å². The molecular weight excluding hydrogens is 273 g/mol. The van der Waals surface area contributed by atoms with Crippen molar-refractivity contribution in [3.63, 3.8) is 0 Å². The van der Waals surface area contributed by atoms with Gasteiger partial charge in [0.05, 0.1) is 11.4 Å². The molecule has 1 amide bonds. The number of hydrogen-bond acceptors (Lipinski definition) is 4. The molecule has 3 N–H and O–H groups in total. The Hall–Kier alpha value is -1.98. The van der Waals surface area contributed by atoms with Crippen LogP contribution in [0, 0.1) is 5.82 Å². The lowest BCUT2D eigenvalue weighted by atomic mass is 10.2. The molecule has 0 aromatic heterocycles. The monoisotopic (exact) mass is 297 g/mol. The van der Waals surface area contributed by atoms with Crippen LogP contribution in [0.2, 0.25) is 0 Å². The maximum absolute atomic E-state index is 12.9. The molecule has 1 aromatic carbocycles. The third-order valence-electron chi connectivity index (χ3n) is 2.70. The van der Waals surface area contributed by atoms with Gasteiger partial charge in [0.15, 0.2) is 0 Å². The zero-order chi connectivity index (χ0) is 16.0. The molecule has 0 atom stereocenters. The van der Waals surface area contributed by atoms with Gasteiger partial charge in [0.1, 0.15) is 11.4 Å². The molecule has 0 heterocycles. The van der Waals surface area contributed by atoms with E-state index in [1.54, 1.807) is 13.1 Å². The van der Waals surface area contributed by atoms with E-state index in [1.807, 2.05) is 20.8 Å². The van der Waals surface area contributed by atoms with Gasteiger partial charge in [0.2, 0.25) is 0 Å². The van der Waals surface area contributed by atoms with E-state index >= 15 is 0 Å². The quantitative estimate of drug-likeness (QED) is 0.647. The normalized spacial score (nSPS) is 11.1. The highest BCUT2D eigenvalue weighted by molar-refractivity contribution is 5.67. The zero-order valence-corrected chi connectivity index (χ0v) is 13.1. The summed E-state index contributed by atoms with van der Waals surface area (Å²) in [5, 5.41) is 3.11. The van der Waals surface area contributed by atoms with Gasteiger partial charge in [-0.25, -0.2) is 9.18 Å². The highest BCUT2D eigenvalue weighted by Gasteiger charge is 2.19. The van der Waals surface area contributed by atoms with Gasteiger partial charge in [-0.3, -0.25) is 0 Å². The second kappa shape index (κ2) is 7.15. The van der Waals surface area contributed by atoms with Crippen molar-refractivity contribution >= 4 is 17.5 Å². The molecule has 0 radical (unpaired) electrons. The largest absolute Gasteiger partial charge is 0.444 e. The summed E-state index contributed by atoms with van der Waals surface area (Å²) in [6.45, 7) is 6.68. The summed E-state index contributed by atoms with van der Waals surface area (Å²) < 4.78 is 18.2. The molecule has 6 heteroatoms. The summed E-state index contributed by atoms with van der Waals surface area (Å²) in [5.41, 5.74) is 6.26. The lowest BCUT2D eigenvalue weighted by molar-refractivity contribution is 0.0298. The SMILES string of the molecule is CN(CCCNc1ccc(F)cc1N)C(=O)OC(C)(C)C. The van der Waals surface area contributed by atoms with Crippen LogP contribution >= 0.6 is 0 Å². The second-order valence-electron chi connectivity index (χ2n) is 5.91. The van der Waals surface area contributed by atoms with Crippen molar-refractivity contribution in [3.8, 4) is 0 Å². The number of benzene rings is 1. The molecular formula is C15H24FN3O2. The Bertz CT molecular complexity index is 486. The highest BCUT2D eigenvalue weighted by atomic mass is 19.1. The predicted octanol–water partition coefficient (Wildman–Crippen LogP) is 3.08. The molecule has 118 valence electrons. The number of carbonyl (C=O) groups excluding carboxylic acids is 1. The third kappa shape index (κ3) is 6.33. The lowest BCUT2D eigenvalue weighted by Crippen LogP contribution is -2.35. The summed E-state index contributed by atoms with van der Waals surface area (Å²) >= 11 is 0. The van der Waals surface area contributed by atoms with Crippen LogP contribution in [0.3, 0.4) is 0 Å². The number of carbonyl (C=O) groups is 1. The Balaban J connectivity index is 2.32. The van der Waals surface area contributed by atoms with Gasteiger partial charge < -0.3 is 20.7 Å². The van der Waals surface area contributed by atoms with E-state index in [2.05, 4.69) is 5.32 Å². The molecule has 21 heavy (non-hydrogen) atoms. The lowest BCUT2D eigenvalue weighted by Gasteiger charge is -2.24. The maximum atomic E-state index is 12.9. The molecule has 5 nitrogen and oxygen atoms in total. The Morgan fingerprint density at radius 3 is 2.67 bits per heavy atom. The molecule has 1 rings (SSSR count). The number of ether oxygens (including phenoxy) is 1. The van der Waals surface area contributed by atoms with Crippen LogP contribution in [0.4, 0.5) is 20.6 Å². The van der Waals surface area contributed by atoms with Crippen LogP contribution in [0.1, 0.15) is 27.2 Å². The maximum Gasteiger partial charge on any atom is 0.410 e. The minimum Gasteiger partial charge on any atom is -0.444 e. The first-order chi connectivity index (χ1) is 9.69. The van der Waals surface area contributed by atoms with E-state index in [9.17, 15) is 9.18 Å². The summed E-state index contributed by atoms with van der Waals surface area (Å²) in [4.78, 5) is 13.3. The van der Waals surface area contributed by atoms with E-state index in [1.165, 1.54) is 17.0 Å². The first-order valence-electron chi connectivity index (χ1n) is 6.92. The van der Waals surface area contributed by atoms with Crippen LogP contribution in [0.5, 0.6) is 0 Å². The van der Waals surface area contributed by atoms with Gasteiger partial charge in [0.25, 0.3) is 0 Å². The third-order valence-corrected chi connectivity index (χ3v) is 2.70. The highest BCUT2D eigenvalue weighted by Crippen LogP contribution is 2.18.